The van der Waals surface area contributed by atoms with Gasteiger partial charge in [-0.1, -0.05) is 18.2 Å². The minimum absolute atomic E-state index is 0.00711. The molecule has 0 unspecified atom stereocenters. The van der Waals surface area contributed by atoms with Crippen molar-refractivity contribution in [1.29, 1.82) is 0 Å². The lowest BCUT2D eigenvalue weighted by Crippen LogP contribution is -2.35. The van der Waals surface area contributed by atoms with Crippen molar-refractivity contribution in [2.75, 3.05) is 17.4 Å². The van der Waals surface area contributed by atoms with Crippen molar-refractivity contribution < 1.29 is 50.4 Å². The third-order valence-electron chi connectivity index (χ3n) is 3.05. The van der Waals surface area contributed by atoms with E-state index in [-0.39, 0.29) is 16.4 Å². The number of nitro groups is 1. The molecule has 0 heterocycles. The van der Waals surface area contributed by atoms with Crippen LogP contribution in [0.3, 0.4) is 0 Å². The summed E-state index contributed by atoms with van der Waals surface area (Å²) in [4.78, 5) is 33.8. The number of nitrogens with one attached hydrogen (secondary N) is 1. The number of rotatable bonds is 4. The molecule has 9 nitrogen and oxygen atoms in total. The van der Waals surface area contributed by atoms with E-state index in [1.165, 1.54) is 37.3 Å². The third kappa shape index (κ3) is 14.5. The van der Waals surface area contributed by atoms with Crippen molar-refractivity contribution in [3.8, 4) is 5.75 Å². The summed E-state index contributed by atoms with van der Waals surface area (Å²) in [6.07, 6.45) is -9.71. The van der Waals surface area contributed by atoms with Crippen LogP contribution >= 0.6 is 31.9 Å². The Hall–Kier alpha value is -2.92. The lowest BCUT2D eigenvalue weighted by atomic mass is 10.3. The largest absolute Gasteiger partial charge is 0.573 e. The normalized spacial score (nSPS) is 10.6. The average molecular weight is 657 g/mol. The zero-order chi connectivity index (χ0) is 28.3. The highest BCUT2D eigenvalue weighted by molar-refractivity contribution is 9.11. The molecule has 1 N–H and O–H groups in total. The Kier molecular flexibility index (Phi) is 13.4. The Morgan fingerprint density at radius 2 is 1.44 bits per heavy atom. The Labute approximate surface area is 216 Å². The first kappa shape index (κ1) is 33.1. The number of para-hydroxylation sites is 2. The first-order valence-corrected chi connectivity index (χ1v) is 10.6. The Balaban J connectivity index is 0.000000593. The molecule has 0 aliphatic carbocycles. The van der Waals surface area contributed by atoms with Gasteiger partial charge in [0.05, 0.1) is 11.4 Å². The van der Waals surface area contributed by atoms with Crippen LogP contribution in [0.5, 0.6) is 5.75 Å². The van der Waals surface area contributed by atoms with Gasteiger partial charge in [-0.05, 0) is 56.1 Å². The zero-order valence-corrected chi connectivity index (χ0v) is 21.6. The van der Waals surface area contributed by atoms with Crippen LogP contribution in [0.2, 0.25) is 0 Å². The van der Waals surface area contributed by atoms with Crippen LogP contribution in [0.1, 0.15) is 13.8 Å². The van der Waals surface area contributed by atoms with Gasteiger partial charge < -0.3 is 10.1 Å². The first-order chi connectivity index (χ1) is 16.3. The molecule has 0 bridgehead atoms. The number of nitrogens with zero attached hydrogens (tertiary/aromatic N) is 2. The summed E-state index contributed by atoms with van der Waals surface area (Å²) in [5, 5.41) is 11.2. The number of hydrogen-bond acceptors (Lipinski definition) is 6. The van der Waals surface area contributed by atoms with E-state index in [2.05, 4.69) is 46.8 Å². The van der Waals surface area contributed by atoms with E-state index in [0.29, 0.717) is 8.95 Å². The molecule has 0 radical (unpaired) electrons. The van der Waals surface area contributed by atoms with Crippen LogP contribution in [0.25, 0.3) is 0 Å². The third-order valence-corrected chi connectivity index (χ3v) is 4.39. The molecule has 36 heavy (non-hydrogen) atoms. The smallest absolute Gasteiger partial charge is 0.404 e. The fourth-order valence-electron chi connectivity index (χ4n) is 2.01. The van der Waals surface area contributed by atoms with E-state index in [1.54, 1.807) is 6.07 Å². The molecule has 0 aliphatic rings. The molecule has 0 aromatic heterocycles. The topological polar surface area (TPSA) is 111 Å². The summed E-state index contributed by atoms with van der Waals surface area (Å²) >= 11 is 6.05. The molecule has 2 rings (SSSR count). The second-order valence-electron chi connectivity index (χ2n) is 6.08. The molecule has 2 aromatic carbocycles. The van der Waals surface area contributed by atoms with Gasteiger partial charge in [0.1, 0.15) is 0 Å². The molecule has 0 fully saturated rings. The lowest BCUT2D eigenvalue weighted by molar-refractivity contribution is -0.445. The molecule has 200 valence electrons. The van der Waals surface area contributed by atoms with E-state index in [0.717, 1.165) is 20.0 Å². The maximum Gasteiger partial charge on any atom is 0.573 e. The van der Waals surface area contributed by atoms with Crippen molar-refractivity contribution in [3.63, 3.8) is 0 Å². The van der Waals surface area contributed by atoms with Gasteiger partial charge in [0.15, 0.2) is 12.8 Å². The predicted molar refractivity (Wildman–Crippen MR) is 122 cm³/mol. The van der Waals surface area contributed by atoms with Gasteiger partial charge in [0.25, 0.3) is 0 Å². The lowest BCUT2D eigenvalue weighted by Gasteiger charge is -2.22. The Morgan fingerprint density at radius 3 is 1.86 bits per heavy atom. The van der Waals surface area contributed by atoms with Crippen LogP contribution in [0.15, 0.2) is 51.4 Å². The summed E-state index contributed by atoms with van der Waals surface area (Å²) in [6.45, 7) is 2.17. The number of anilines is 2. The molecule has 0 aliphatic heterocycles. The molecule has 2 aromatic rings. The number of amides is 2. The number of halogens is 8. The second-order valence-corrected chi connectivity index (χ2v) is 7.79. The number of ether oxygens (including phenoxy) is 1. The predicted octanol–water partition coefficient (Wildman–Crippen LogP) is 6.45. The summed E-state index contributed by atoms with van der Waals surface area (Å²) in [5.74, 6) is -1.82. The average Bonchev–Trinajstić information content (AvgIpc) is 2.67. The number of alkyl halides is 6. The minimum Gasteiger partial charge on any atom is -0.404 e. The van der Waals surface area contributed by atoms with Crippen LogP contribution in [0.4, 0.5) is 37.7 Å². The molecular formula is C19H17Br2F6N3O6. The van der Waals surface area contributed by atoms with E-state index >= 15 is 0 Å². The second kappa shape index (κ2) is 14.6. The first-order valence-electron chi connectivity index (χ1n) is 9.05. The van der Waals surface area contributed by atoms with Gasteiger partial charge in [0.2, 0.25) is 11.8 Å². The highest BCUT2D eigenvalue weighted by Gasteiger charge is 2.36. The van der Waals surface area contributed by atoms with Gasteiger partial charge in [-0.25, -0.2) is 0 Å². The zero-order valence-electron chi connectivity index (χ0n) is 18.4. The highest BCUT2D eigenvalue weighted by atomic mass is 79.9. The SMILES string of the molecule is CC(=O)N(OC(F)(F)F)c1ccccc1Br.CC(=O)Nc1c(Br)cccc1OC(F)(F)F.C[N+](=O)[O-]. The van der Waals surface area contributed by atoms with Crippen molar-refractivity contribution in [2.24, 2.45) is 0 Å². The fraction of sp³-hybridized carbons (Fsp3) is 0.263. The van der Waals surface area contributed by atoms with E-state index in [4.69, 9.17) is 10.1 Å². The van der Waals surface area contributed by atoms with Gasteiger partial charge in [-0.15, -0.1) is 26.3 Å². The van der Waals surface area contributed by atoms with Crippen LogP contribution in [-0.4, -0.2) is 36.5 Å². The van der Waals surface area contributed by atoms with Gasteiger partial charge in [0, 0.05) is 27.7 Å². The summed E-state index contributed by atoms with van der Waals surface area (Å²) < 4.78 is 76.7. The van der Waals surface area contributed by atoms with Crippen LogP contribution < -0.4 is 15.1 Å². The summed E-state index contributed by atoms with van der Waals surface area (Å²) in [5.41, 5.74) is -0.0559. The molecule has 0 saturated heterocycles. The van der Waals surface area contributed by atoms with Crippen LogP contribution in [0, 0.1) is 10.1 Å². The minimum atomic E-state index is -4.92. The monoisotopic (exact) mass is 655 g/mol. The Morgan fingerprint density at radius 1 is 0.944 bits per heavy atom. The molecule has 0 saturated carbocycles. The summed E-state index contributed by atoms with van der Waals surface area (Å²) in [7, 11) is 0.889. The standard InChI is InChI=1S/2C9H7BrF3NO2.CH3NO2/c1-6(15)14(16-9(11,12)13)8-5-3-2-4-7(8)10;1-5(15)14-8-6(10)3-2-4-7(8)16-9(11,12)13;1-2(3)4/h2-5H,1H3;2-4H,1H3,(H,14,15);1H3. The number of carbonyl (C=O) groups excluding carboxylic acids is 2. The summed E-state index contributed by atoms with van der Waals surface area (Å²) in [6, 6.07) is 9.92. The van der Waals surface area contributed by atoms with Gasteiger partial charge >= 0.3 is 12.7 Å². The quantitative estimate of drug-likeness (QED) is 0.230. The number of hydrogen-bond donors (Lipinski definition) is 1. The fourth-order valence-corrected chi connectivity index (χ4v) is 2.91. The van der Waals surface area contributed by atoms with Crippen molar-refractivity contribution in [1.82, 2.24) is 0 Å². The molecule has 17 heteroatoms. The van der Waals surface area contributed by atoms with Crippen molar-refractivity contribution in [2.45, 2.75) is 26.6 Å². The molecule has 0 atom stereocenters. The number of carbonyl (C=O) groups is 2. The van der Waals surface area contributed by atoms with Gasteiger partial charge in [-0.2, -0.15) is 9.90 Å². The molecule has 2 amide bonds. The highest BCUT2D eigenvalue weighted by Crippen LogP contribution is 2.35. The van der Waals surface area contributed by atoms with Gasteiger partial charge in [-0.3, -0.25) is 19.7 Å². The van der Waals surface area contributed by atoms with E-state index in [1.807, 2.05) is 0 Å². The maximum atomic E-state index is 12.1. The number of hydroxylamine groups is 1. The Bertz CT molecular complexity index is 1050. The molecule has 0 spiro atoms. The number of benzene rings is 2. The maximum absolute atomic E-state index is 12.1. The van der Waals surface area contributed by atoms with E-state index in [9.17, 15) is 35.9 Å². The van der Waals surface area contributed by atoms with Crippen LogP contribution in [-0.2, 0) is 14.4 Å². The molecular weight excluding hydrogens is 640 g/mol. The van der Waals surface area contributed by atoms with E-state index < -0.39 is 35.2 Å². The van der Waals surface area contributed by atoms with Crippen molar-refractivity contribution in [3.05, 3.63) is 61.5 Å². The van der Waals surface area contributed by atoms with Crippen molar-refractivity contribution >= 4 is 55.0 Å².